The number of ether oxygens (including phenoxy) is 1. The minimum atomic E-state index is -0.629. The maximum Gasteiger partial charge on any atom is 0.373 e. The normalized spacial score (nSPS) is 15.1. The van der Waals surface area contributed by atoms with Crippen LogP contribution in [0, 0.1) is 0 Å². The van der Waals surface area contributed by atoms with Crippen LogP contribution in [0.3, 0.4) is 0 Å². The van der Waals surface area contributed by atoms with Crippen LogP contribution in [0.1, 0.15) is 22.0 Å². The molecular weight excluding hydrogens is 374 g/mol. The summed E-state index contributed by atoms with van der Waals surface area (Å²) in [5.74, 6) is -0.809. The minimum Gasteiger partial charge on any atom is -0.463 e. The summed E-state index contributed by atoms with van der Waals surface area (Å²) in [5.41, 5.74) is 1.84. The van der Waals surface area contributed by atoms with Gasteiger partial charge in [0.25, 0.3) is 5.91 Å². The molecule has 3 heterocycles. The van der Waals surface area contributed by atoms with Crippen molar-refractivity contribution in [2.45, 2.75) is 6.54 Å². The van der Waals surface area contributed by atoms with Crippen LogP contribution in [-0.4, -0.2) is 34.5 Å². The van der Waals surface area contributed by atoms with Gasteiger partial charge < -0.3 is 19.0 Å². The van der Waals surface area contributed by atoms with Crippen LogP contribution in [0.2, 0.25) is 0 Å². The highest BCUT2D eigenvalue weighted by molar-refractivity contribution is 6.13. The van der Waals surface area contributed by atoms with Crippen molar-refractivity contribution < 1.29 is 23.5 Å². The molecule has 0 aliphatic carbocycles. The highest BCUT2D eigenvalue weighted by Crippen LogP contribution is 2.20. The SMILES string of the molecule is COC(=O)c1ccc(CN2C(=O)N/C(=C\c3cccn3-c3ccccc3)C2=O)o1. The molecule has 3 aromatic rings. The van der Waals surface area contributed by atoms with Crippen molar-refractivity contribution in [2.24, 2.45) is 0 Å². The minimum absolute atomic E-state index is 0.00556. The lowest BCUT2D eigenvalue weighted by Gasteiger charge is -2.09. The summed E-state index contributed by atoms with van der Waals surface area (Å²) in [6.45, 7) is -0.0985. The molecule has 3 amide bonds. The van der Waals surface area contributed by atoms with Crippen LogP contribution < -0.4 is 5.32 Å². The van der Waals surface area contributed by atoms with Gasteiger partial charge in [-0.2, -0.15) is 0 Å². The van der Waals surface area contributed by atoms with E-state index in [0.717, 1.165) is 16.3 Å². The zero-order valence-electron chi connectivity index (χ0n) is 15.5. The molecular formula is C21H17N3O5. The Morgan fingerprint density at radius 2 is 1.90 bits per heavy atom. The Morgan fingerprint density at radius 1 is 1.10 bits per heavy atom. The molecule has 1 saturated heterocycles. The average Bonchev–Trinajstić information content (AvgIpc) is 3.45. The maximum atomic E-state index is 12.7. The maximum absolute atomic E-state index is 12.7. The molecule has 0 bridgehead atoms. The number of rotatable bonds is 5. The van der Waals surface area contributed by atoms with E-state index < -0.39 is 17.9 Å². The molecule has 0 radical (unpaired) electrons. The number of benzene rings is 1. The number of amides is 3. The standard InChI is InChI=1S/C21H17N3O5/c1-28-20(26)18-10-9-16(29-18)13-24-19(25)17(22-21(24)27)12-15-8-5-11-23(15)14-6-3-2-4-7-14/h2-12H,13H2,1H3,(H,22,27)/b17-12-. The fourth-order valence-corrected chi connectivity index (χ4v) is 3.03. The van der Waals surface area contributed by atoms with E-state index in [1.807, 2.05) is 53.2 Å². The third-order valence-electron chi connectivity index (χ3n) is 4.43. The number of hydrogen-bond acceptors (Lipinski definition) is 5. The largest absolute Gasteiger partial charge is 0.463 e. The Morgan fingerprint density at radius 3 is 2.66 bits per heavy atom. The number of imide groups is 1. The number of furan rings is 1. The van der Waals surface area contributed by atoms with Gasteiger partial charge in [0.15, 0.2) is 0 Å². The van der Waals surface area contributed by atoms with Crippen molar-refractivity contribution in [3.63, 3.8) is 0 Å². The molecule has 4 rings (SSSR count). The van der Waals surface area contributed by atoms with Gasteiger partial charge in [-0.3, -0.25) is 9.69 Å². The van der Waals surface area contributed by atoms with Gasteiger partial charge in [-0.1, -0.05) is 18.2 Å². The third-order valence-corrected chi connectivity index (χ3v) is 4.43. The first-order valence-electron chi connectivity index (χ1n) is 8.81. The molecule has 1 aliphatic rings. The van der Waals surface area contributed by atoms with Crippen LogP contribution in [0.4, 0.5) is 4.79 Å². The first-order valence-corrected chi connectivity index (χ1v) is 8.81. The second-order valence-corrected chi connectivity index (χ2v) is 6.28. The zero-order chi connectivity index (χ0) is 20.4. The van der Waals surface area contributed by atoms with Gasteiger partial charge in [-0.25, -0.2) is 9.59 Å². The summed E-state index contributed by atoms with van der Waals surface area (Å²) in [6, 6.07) is 15.7. The number of nitrogens with zero attached hydrogens (tertiary/aromatic N) is 2. The van der Waals surface area contributed by atoms with E-state index in [-0.39, 0.29) is 18.0 Å². The number of para-hydroxylation sites is 1. The predicted molar refractivity (Wildman–Crippen MR) is 103 cm³/mol. The van der Waals surface area contributed by atoms with E-state index in [4.69, 9.17) is 4.42 Å². The summed E-state index contributed by atoms with van der Waals surface area (Å²) in [5, 5.41) is 2.58. The van der Waals surface area contributed by atoms with Gasteiger partial charge in [-0.05, 0) is 42.5 Å². The molecule has 1 fully saturated rings. The Kier molecular flexibility index (Phi) is 4.74. The van der Waals surface area contributed by atoms with E-state index >= 15 is 0 Å². The molecule has 0 saturated carbocycles. The van der Waals surface area contributed by atoms with E-state index in [1.54, 1.807) is 6.08 Å². The van der Waals surface area contributed by atoms with Crippen LogP contribution in [-0.2, 0) is 16.1 Å². The van der Waals surface area contributed by atoms with Gasteiger partial charge in [-0.15, -0.1) is 0 Å². The fraction of sp³-hybridized carbons (Fsp3) is 0.0952. The molecule has 8 heteroatoms. The smallest absolute Gasteiger partial charge is 0.373 e. The Balaban J connectivity index is 1.55. The summed E-state index contributed by atoms with van der Waals surface area (Å²) in [7, 11) is 1.24. The lowest BCUT2D eigenvalue weighted by atomic mass is 10.2. The van der Waals surface area contributed by atoms with E-state index in [0.29, 0.717) is 5.76 Å². The van der Waals surface area contributed by atoms with Gasteiger partial charge in [0.1, 0.15) is 11.5 Å². The first kappa shape index (κ1) is 18.3. The summed E-state index contributed by atoms with van der Waals surface area (Å²) in [6.07, 6.45) is 3.49. The van der Waals surface area contributed by atoms with Crippen LogP contribution in [0.25, 0.3) is 11.8 Å². The van der Waals surface area contributed by atoms with Crippen LogP contribution >= 0.6 is 0 Å². The van der Waals surface area contributed by atoms with Crippen molar-refractivity contribution in [1.82, 2.24) is 14.8 Å². The number of carbonyl (C=O) groups excluding carboxylic acids is 3. The van der Waals surface area contributed by atoms with Gasteiger partial charge >= 0.3 is 12.0 Å². The van der Waals surface area contributed by atoms with Crippen molar-refractivity contribution in [2.75, 3.05) is 7.11 Å². The van der Waals surface area contributed by atoms with Gasteiger partial charge in [0.05, 0.1) is 13.7 Å². The Labute approximate surface area is 166 Å². The van der Waals surface area contributed by atoms with Crippen molar-refractivity contribution in [1.29, 1.82) is 0 Å². The Bertz CT molecular complexity index is 1110. The molecule has 1 aliphatic heterocycles. The number of hydrogen-bond donors (Lipinski definition) is 1. The van der Waals surface area contributed by atoms with Crippen LogP contribution in [0.15, 0.2) is 70.9 Å². The zero-order valence-corrected chi connectivity index (χ0v) is 15.5. The quantitative estimate of drug-likeness (QED) is 0.410. The summed E-state index contributed by atoms with van der Waals surface area (Å²) >= 11 is 0. The molecule has 29 heavy (non-hydrogen) atoms. The number of nitrogens with one attached hydrogen (secondary N) is 1. The molecule has 1 aromatic carbocycles. The van der Waals surface area contributed by atoms with Crippen molar-refractivity contribution in [3.8, 4) is 5.69 Å². The van der Waals surface area contributed by atoms with E-state index in [2.05, 4.69) is 10.1 Å². The molecule has 0 unspecified atom stereocenters. The van der Waals surface area contributed by atoms with Gasteiger partial charge in [0.2, 0.25) is 5.76 Å². The predicted octanol–water partition coefficient (Wildman–Crippen LogP) is 2.95. The molecule has 0 spiro atoms. The Hall–Kier alpha value is -4.07. The lowest BCUT2D eigenvalue weighted by molar-refractivity contribution is -0.123. The topological polar surface area (TPSA) is 93.8 Å². The van der Waals surface area contributed by atoms with Crippen molar-refractivity contribution in [3.05, 3.63) is 83.7 Å². The number of aromatic nitrogens is 1. The number of methoxy groups -OCH3 is 1. The monoisotopic (exact) mass is 391 g/mol. The molecule has 8 nitrogen and oxygen atoms in total. The highest BCUT2D eigenvalue weighted by atomic mass is 16.5. The number of esters is 1. The molecule has 0 atom stereocenters. The highest BCUT2D eigenvalue weighted by Gasteiger charge is 2.34. The van der Waals surface area contributed by atoms with E-state index in [9.17, 15) is 14.4 Å². The van der Waals surface area contributed by atoms with E-state index in [1.165, 1.54) is 19.2 Å². The summed E-state index contributed by atoms with van der Waals surface area (Å²) < 4.78 is 11.8. The second kappa shape index (κ2) is 7.51. The van der Waals surface area contributed by atoms with Crippen molar-refractivity contribution >= 4 is 24.0 Å². The van der Waals surface area contributed by atoms with Crippen LogP contribution in [0.5, 0.6) is 0 Å². The second-order valence-electron chi connectivity index (χ2n) is 6.28. The first-order chi connectivity index (χ1) is 14.1. The third kappa shape index (κ3) is 3.55. The summed E-state index contributed by atoms with van der Waals surface area (Å²) in [4.78, 5) is 37.5. The number of urea groups is 1. The number of carbonyl (C=O) groups is 3. The average molecular weight is 391 g/mol. The molecule has 2 aromatic heterocycles. The molecule has 146 valence electrons. The lowest BCUT2D eigenvalue weighted by Crippen LogP contribution is -2.30. The fourth-order valence-electron chi connectivity index (χ4n) is 3.03. The molecule has 1 N–H and O–H groups in total. The van der Waals surface area contributed by atoms with Gasteiger partial charge in [0, 0.05) is 17.6 Å².